The van der Waals surface area contributed by atoms with E-state index in [1.165, 1.54) is 0 Å². The molecule has 3 heterocycles. The van der Waals surface area contributed by atoms with Crippen LogP contribution in [0.4, 0.5) is 0 Å². The molecule has 0 radical (unpaired) electrons. The third kappa shape index (κ3) is 1.68. The van der Waals surface area contributed by atoms with E-state index in [4.69, 9.17) is 10.5 Å². The Hall–Kier alpha value is -3.26. The smallest absolute Gasteiger partial charge is 0.205 e. The molecule has 0 spiro atoms. The lowest BCUT2D eigenvalue weighted by Crippen LogP contribution is -2.20. The van der Waals surface area contributed by atoms with Crippen molar-refractivity contribution in [2.45, 2.75) is 5.92 Å². The number of hydrogen-bond acceptors (Lipinski definition) is 4. The molecule has 1 unspecified atom stereocenters. The first kappa shape index (κ1) is 12.5. The van der Waals surface area contributed by atoms with Crippen molar-refractivity contribution in [1.29, 1.82) is 5.26 Å². The predicted octanol–water partition coefficient (Wildman–Crippen LogP) is 2.78. The maximum atomic E-state index is 9.53. The van der Waals surface area contributed by atoms with E-state index in [1.54, 1.807) is 6.20 Å². The summed E-state index contributed by atoms with van der Waals surface area (Å²) < 4.78 is 5.58. The summed E-state index contributed by atoms with van der Waals surface area (Å²) in [6.45, 7) is 0. The Morgan fingerprint density at radius 1 is 1.18 bits per heavy atom. The van der Waals surface area contributed by atoms with Crippen LogP contribution in [0.2, 0.25) is 0 Å². The third-order valence-corrected chi connectivity index (χ3v) is 3.92. The van der Waals surface area contributed by atoms with Crippen LogP contribution in [-0.4, -0.2) is 9.97 Å². The number of nitrogens with two attached hydrogens (primary N) is 1. The van der Waals surface area contributed by atoms with Crippen LogP contribution in [-0.2, 0) is 0 Å². The number of pyridine rings is 1. The number of hydrogen-bond donors (Lipinski definition) is 2. The molecular formula is C17H12N4O. The van der Waals surface area contributed by atoms with Crippen LogP contribution in [0.1, 0.15) is 17.0 Å². The maximum Gasteiger partial charge on any atom is 0.205 e. The third-order valence-electron chi connectivity index (χ3n) is 3.92. The first-order chi connectivity index (χ1) is 10.8. The molecule has 0 saturated carbocycles. The van der Waals surface area contributed by atoms with Crippen molar-refractivity contribution in [2.75, 3.05) is 0 Å². The fourth-order valence-corrected chi connectivity index (χ4v) is 2.94. The summed E-state index contributed by atoms with van der Waals surface area (Å²) in [5, 5.41) is 10.5. The number of aromatic amines is 1. The van der Waals surface area contributed by atoms with Gasteiger partial charge in [-0.3, -0.25) is 0 Å². The summed E-state index contributed by atoms with van der Waals surface area (Å²) in [5.74, 6) is 0.583. The SMILES string of the molecule is N#CC1=C(N)Oc2ccccc2C1c1c[nH]c2ncccc12. The second-order valence-electron chi connectivity index (χ2n) is 5.11. The van der Waals surface area contributed by atoms with Crippen LogP contribution in [0, 0.1) is 11.3 Å². The molecule has 0 bridgehead atoms. The molecule has 1 aliphatic heterocycles. The van der Waals surface area contributed by atoms with Gasteiger partial charge in [-0.1, -0.05) is 18.2 Å². The summed E-state index contributed by atoms with van der Waals surface area (Å²) in [5.41, 5.74) is 9.06. The second-order valence-corrected chi connectivity index (χ2v) is 5.11. The number of aromatic nitrogens is 2. The molecule has 0 saturated heterocycles. The van der Waals surface area contributed by atoms with Gasteiger partial charge in [0.15, 0.2) is 0 Å². The number of fused-ring (bicyclic) bond motifs is 2. The lowest BCUT2D eigenvalue weighted by Gasteiger charge is -2.25. The van der Waals surface area contributed by atoms with Crippen molar-refractivity contribution in [2.24, 2.45) is 5.73 Å². The second kappa shape index (κ2) is 4.64. The van der Waals surface area contributed by atoms with Crippen molar-refractivity contribution in [3.63, 3.8) is 0 Å². The van der Waals surface area contributed by atoms with Crippen LogP contribution >= 0.6 is 0 Å². The molecule has 22 heavy (non-hydrogen) atoms. The zero-order chi connectivity index (χ0) is 15.1. The van der Waals surface area contributed by atoms with Crippen LogP contribution in [0.15, 0.2) is 60.2 Å². The number of ether oxygens (including phenoxy) is 1. The van der Waals surface area contributed by atoms with Crippen molar-refractivity contribution in [3.05, 3.63) is 71.4 Å². The van der Waals surface area contributed by atoms with Gasteiger partial charge in [-0.25, -0.2) is 4.98 Å². The van der Waals surface area contributed by atoms with Crippen molar-refractivity contribution < 1.29 is 4.74 Å². The molecule has 1 atom stereocenters. The quantitative estimate of drug-likeness (QED) is 0.720. The highest BCUT2D eigenvalue weighted by Gasteiger charge is 2.31. The molecule has 5 heteroatoms. The topological polar surface area (TPSA) is 87.7 Å². The van der Waals surface area contributed by atoms with Crippen molar-refractivity contribution in [1.82, 2.24) is 9.97 Å². The number of rotatable bonds is 1. The van der Waals surface area contributed by atoms with Gasteiger partial charge < -0.3 is 15.5 Å². The van der Waals surface area contributed by atoms with Gasteiger partial charge >= 0.3 is 0 Å². The Labute approximate surface area is 126 Å². The van der Waals surface area contributed by atoms with E-state index < -0.39 is 0 Å². The summed E-state index contributed by atoms with van der Waals surface area (Å²) in [6.07, 6.45) is 3.62. The zero-order valence-corrected chi connectivity index (χ0v) is 11.6. The lowest BCUT2D eigenvalue weighted by molar-refractivity contribution is 0.394. The van der Waals surface area contributed by atoms with Gasteiger partial charge in [0, 0.05) is 23.3 Å². The molecule has 1 aliphatic rings. The molecule has 2 aromatic heterocycles. The van der Waals surface area contributed by atoms with Crippen LogP contribution < -0.4 is 10.5 Å². The number of benzene rings is 1. The number of nitriles is 1. The molecule has 3 aromatic rings. The van der Waals surface area contributed by atoms with E-state index in [0.29, 0.717) is 11.3 Å². The number of allylic oxidation sites excluding steroid dienone is 1. The highest BCUT2D eigenvalue weighted by molar-refractivity contribution is 5.82. The van der Waals surface area contributed by atoms with Crippen LogP contribution in [0.25, 0.3) is 11.0 Å². The molecule has 0 aliphatic carbocycles. The normalized spacial score (nSPS) is 17.0. The molecule has 1 aromatic carbocycles. The Morgan fingerprint density at radius 2 is 2.05 bits per heavy atom. The fourth-order valence-electron chi connectivity index (χ4n) is 2.94. The Bertz CT molecular complexity index is 948. The number of H-pyrrole nitrogens is 1. The van der Waals surface area contributed by atoms with E-state index in [9.17, 15) is 5.26 Å². The molecular weight excluding hydrogens is 276 g/mol. The highest BCUT2D eigenvalue weighted by atomic mass is 16.5. The molecule has 0 amide bonds. The summed E-state index contributed by atoms with van der Waals surface area (Å²) in [4.78, 5) is 7.46. The van der Waals surface area contributed by atoms with E-state index >= 15 is 0 Å². The Morgan fingerprint density at radius 3 is 2.91 bits per heavy atom. The minimum absolute atomic E-state index is 0.157. The first-order valence-electron chi connectivity index (χ1n) is 6.88. The van der Waals surface area contributed by atoms with Gasteiger partial charge in [0.25, 0.3) is 0 Å². The average molecular weight is 288 g/mol. The minimum atomic E-state index is -0.257. The standard InChI is InChI=1S/C17H12N4O/c18-8-12-15(11-4-1-2-6-14(11)22-16(12)19)13-9-21-17-10(13)5-3-7-20-17/h1-7,9,15H,19H2,(H,20,21). The summed E-state index contributed by atoms with van der Waals surface area (Å²) >= 11 is 0. The number of para-hydroxylation sites is 1. The molecule has 5 nitrogen and oxygen atoms in total. The van der Waals surface area contributed by atoms with E-state index in [-0.39, 0.29) is 11.8 Å². The Kier molecular flexibility index (Phi) is 2.63. The molecule has 0 fully saturated rings. The first-order valence-corrected chi connectivity index (χ1v) is 6.88. The Balaban J connectivity index is 2.02. The van der Waals surface area contributed by atoms with Gasteiger partial charge in [0.05, 0.1) is 5.92 Å². The van der Waals surface area contributed by atoms with E-state index in [0.717, 1.165) is 22.2 Å². The van der Waals surface area contributed by atoms with Gasteiger partial charge in [-0.15, -0.1) is 0 Å². The van der Waals surface area contributed by atoms with Gasteiger partial charge in [0.2, 0.25) is 5.88 Å². The lowest BCUT2D eigenvalue weighted by atomic mass is 9.84. The van der Waals surface area contributed by atoms with Gasteiger partial charge in [-0.05, 0) is 23.8 Å². The van der Waals surface area contributed by atoms with Crippen LogP contribution in [0.3, 0.4) is 0 Å². The van der Waals surface area contributed by atoms with Gasteiger partial charge in [0.1, 0.15) is 23.0 Å². The molecule has 106 valence electrons. The fraction of sp³-hybridized carbons (Fsp3) is 0.0588. The number of nitrogens with one attached hydrogen (secondary N) is 1. The molecule has 3 N–H and O–H groups in total. The summed E-state index contributed by atoms with van der Waals surface area (Å²) in [7, 11) is 0. The number of nitrogens with zero attached hydrogens (tertiary/aromatic N) is 2. The maximum absolute atomic E-state index is 9.53. The minimum Gasteiger partial charge on any atom is -0.440 e. The van der Waals surface area contributed by atoms with E-state index in [1.807, 2.05) is 42.6 Å². The molecule has 4 rings (SSSR count). The van der Waals surface area contributed by atoms with Gasteiger partial charge in [-0.2, -0.15) is 5.26 Å². The average Bonchev–Trinajstić information content (AvgIpc) is 2.97. The van der Waals surface area contributed by atoms with Crippen LogP contribution in [0.5, 0.6) is 5.75 Å². The largest absolute Gasteiger partial charge is 0.440 e. The zero-order valence-electron chi connectivity index (χ0n) is 11.6. The summed E-state index contributed by atoms with van der Waals surface area (Å²) in [6, 6.07) is 13.7. The van der Waals surface area contributed by atoms with E-state index in [2.05, 4.69) is 16.0 Å². The van der Waals surface area contributed by atoms with Crippen molar-refractivity contribution >= 4 is 11.0 Å². The van der Waals surface area contributed by atoms with Crippen molar-refractivity contribution in [3.8, 4) is 11.8 Å². The monoisotopic (exact) mass is 288 g/mol. The highest BCUT2D eigenvalue weighted by Crippen LogP contribution is 2.43. The predicted molar refractivity (Wildman–Crippen MR) is 81.8 cm³/mol.